The third kappa shape index (κ3) is 5.85. The smallest absolute Gasteiger partial charge is 0.260 e. The van der Waals surface area contributed by atoms with Gasteiger partial charge in [0.05, 0.1) is 42.7 Å². The molecule has 1 unspecified atom stereocenters. The molecule has 0 saturated carbocycles. The van der Waals surface area contributed by atoms with Crippen LogP contribution in [-0.4, -0.2) is 56.2 Å². The molecule has 1 saturated heterocycles. The Kier molecular flexibility index (Phi) is 8.75. The van der Waals surface area contributed by atoms with Crippen LogP contribution < -0.4 is 19.1 Å². The van der Waals surface area contributed by atoms with Crippen molar-refractivity contribution in [2.45, 2.75) is 44.6 Å². The molecule has 0 bridgehead atoms. The summed E-state index contributed by atoms with van der Waals surface area (Å²) in [6.45, 7) is 8.21. The number of rotatable bonds is 11. The highest BCUT2D eigenvalue weighted by Crippen LogP contribution is 2.40. The maximum absolute atomic E-state index is 14.0. The van der Waals surface area contributed by atoms with Gasteiger partial charge in [-0.25, -0.2) is 4.98 Å². The number of nitrogens with zero attached hydrogens (tertiary/aromatic N) is 2. The molecule has 188 valence electrons. The van der Waals surface area contributed by atoms with E-state index in [1.807, 2.05) is 33.1 Å². The zero-order chi connectivity index (χ0) is 24.8. The van der Waals surface area contributed by atoms with E-state index in [-0.39, 0.29) is 12.0 Å². The molecular formula is C26H32N2O5S2. The highest BCUT2D eigenvalue weighted by Gasteiger charge is 2.29. The average Bonchev–Trinajstić information content (AvgIpc) is 3.53. The van der Waals surface area contributed by atoms with Gasteiger partial charge in [0.25, 0.3) is 5.91 Å². The molecule has 0 radical (unpaired) electrons. The van der Waals surface area contributed by atoms with E-state index in [1.165, 1.54) is 16.2 Å². The number of ether oxygens (including phenoxy) is 4. The summed E-state index contributed by atoms with van der Waals surface area (Å²) in [5.41, 5.74) is 1.34. The van der Waals surface area contributed by atoms with Crippen LogP contribution in [0.1, 0.15) is 44.0 Å². The van der Waals surface area contributed by atoms with Crippen molar-refractivity contribution in [1.82, 2.24) is 4.98 Å². The van der Waals surface area contributed by atoms with Gasteiger partial charge in [-0.1, -0.05) is 11.3 Å². The van der Waals surface area contributed by atoms with E-state index in [0.717, 1.165) is 29.7 Å². The Morgan fingerprint density at radius 1 is 1.11 bits per heavy atom. The van der Waals surface area contributed by atoms with E-state index in [9.17, 15) is 4.79 Å². The minimum atomic E-state index is -0.172. The number of hydrogen-bond donors (Lipinski definition) is 0. The summed E-state index contributed by atoms with van der Waals surface area (Å²) < 4.78 is 24.4. The van der Waals surface area contributed by atoms with Gasteiger partial charge in [0.2, 0.25) is 5.75 Å². The number of benzene rings is 2. The summed E-state index contributed by atoms with van der Waals surface area (Å²) in [6.07, 6.45) is 3.94. The summed E-state index contributed by atoms with van der Waals surface area (Å²) in [5.74, 6) is 1.34. The van der Waals surface area contributed by atoms with Crippen LogP contribution in [0.5, 0.6) is 17.2 Å². The molecule has 4 rings (SSSR count). The van der Waals surface area contributed by atoms with Crippen LogP contribution in [0.2, 0.25) is 0 Å². The lowest BCUT2D eigenvalue weighted by molar-refractivity contribution is 0.0916. The first kappa shape index (κ1) is 25.6. The van der Waals surface area contributed by atoms with Crippen molar-refractivity contribution in [3.8, 4) is 17.2 Å². The lowest BCUT2D eigenvalue weighted by atomic mass is 10.1. The zero-order valence-electron chi connectivity index (χ0n) is 20.7. The standard InChI is InChI=1S/C26H32N2O5S2/c1-5-30-21-13-17(14-22(31-6-2)24(21)32-7-3)25(29)28(16-18-9-8-12-33-18)26-27-20-11-10-19(34-4)15-23(20)35-26/h10-11,13-15,18H,5-9,12,16H2,1-4H3. The predicted molar refractivity (Wildman–Crippen MR) is 142 cm³/mol. The lowest BCUT2D eigenvalue weighted by Crippen LogP contribution is -2.37. The first-order valence-corrected chi connectivity index (χ1v) is 14.1. The maximum atomic E-state index is 14.0. The molecule has 1 fully saturated rings. The van der Waals surface area contributed by atoms with Crippen LogP contribution in [0, 0.1) is 0 Å². The molecule has 0 N–H and O–H groups in total. The van der Waals surface area contributed by atoms with Crippen molar-refractivity contribution < 1.29 is 23.7 Å². The van der Waals surface area contributed by atoms with Crippen molar-refractivity contribution >= 4 is 44.4 Å². The third-order valence-electron chi connectivity index (χ3n) is 5.63. The number of fused-ring (bicyclic) bond motifs is 1. The number of thiazole rings is 1. The molecule has 0 aliphatic carbocycles. The molecule has 1 aliphatic heterocycles. The van der Waals surface area contributed by atoms with E-state index >= 15 is 0 Å². The van der Waals surface area contributed by atoms with Crippen molar-refractivity contribution in [1.29, 1.82) is 0 Å². The second kappa shape index (κ2) is 12.0. The van der Waals surface area contributed by atoms with E-state index in [0.29, 0.717) is 54.3 Å². The summed E-state index contributed by atoms with van der Waals surface area (Å²) >= 11 is 3.21. The fourth-order valence-electron chi connectivity index (χ4n) is 4.04. The molecule has 2 aromatic carbocycles. The number of anilines is 1. The first-order valence-electron chi connectivity index (χ1n) is 12.0. The van der Waals surface area contributed by atoms with Crippen molar-refractivity contribution in [2.75, 3.05) is 44.1 Å². The molecule has 1 aromatic heterocycles. The second-order valence-corrected chi connectivity index (χ2v) is 9.87. The quantitative estimate of drug-likeness (QED) is 0.288. The van der Waals surface area contributed by atoms with E-state index < -0.39 is 0 Å². The van der Waals surface area contributed by atoms with Gasteiger partial charge >= 0.3 is 0 Å². The van der Waals surface area contributed by atoms with Crippen LogP contribution in [0.25, 0.3) is 10.2 Å². The Balaban J connectivity index is 1.76. The van der Waals surface area contributed by atoms with Gasteiger partial charge in [-0.05, 0) is 70.2 Å². The molecule has 0 spiro atoms. The van der Waals surface area contributed by atoms with Gasteiger partial charge in [-0.3, -0.25) is 9.69 Å². The Labute approximate surface area is 214 Å². The molecule has 7 nitrogen and oxygen atoms in total. The van der Waals surface area contributed by atoms with Crippen molar-refractivity contribution in [3.05, 3.63) is 35.9 Å². The highest BCUT2D eigenvalue weighted by molar-refractivity contribution is 7.98. The van der Waals surface area contributed by atoms with E-state index in [2.05, 4.69) is 12.1 Å². The Morgan fingerprint density at radius 2 is 1.83 bits per heavy atom. The van der Waals surface area contributed by atoms with Gasteiger partial charge in [-0.15, -0.1) is 11.8 Å². The number of amides is 1. The van der Waals surface area contributed by atoms with Gasteiger partial charge in [0.15, 0.2) is 16.6 Å². The monoisotopic (exact) mass is 516 g/mol. The van der Waals surface area contributed by atoms with Gasteiger partial charge < -0.3 is 18.9 Å². The van der Waals surface area contributed by atoms with Crippen molar-refractivity contribution in [3.63, 3.8) is 0 Å². The van der Waals surface area contributed by atoms with Crippen LogP contribution >= 0.6 is 23.1 Å². The first-order chi connectivity index (χ1) is 17.1. The Morgan fingerprint density at radius 3 is 2.43 bits per heavy atom. The third-order valence-corrected chi connectivity index (χ3v) is 7.39. The van der Waals surface area contributed by atoms with Crippen LogP contribution in [0.15, 0.2) is 35.2 Å². The number of hydrogen-bond acceptors (Lipinski definition) is 8. The Hall–Kier alpha value is -2.49. The normalized spacial score (nSPS) is 15.4. The summed E-state index contributed by atoms with van der Waals surface area (Å²) in [7, 11) is 0. The minimum absolute atomic E-state index is 0.0202. The van der Waals surface area contributed by atoms with Crippen LogP contribution in [0.4, 0.5) is 5.13 Å². The number of carbonyl (C=O) groups excluding carboxylic acids is 1. The molecule has 9 heteroatoms. The number of thioether (sulfide) groups is 1. The zero-order valence-corrected chi connectivity index (χ0v) is 22.3. The molecule has 1 atom stereocenters. The van der Waals surface area contributed by atoms with Gasteiger partial charge in [0.1, 0.15) is 0 Å². The molecule has 2 heterocycles. The SMILES string of the molecule is CCOc1cc(C(=O)N(CC2CCCO2)c2nc3ccc(SC)cc3s2)cc(OCC)c1OCC. The summed E-state index contributed by atoms with van der Waals surface area (Å²) in [4.78, 5) is 21.7. The molecule has 3 aromatic rings. The van der Waals surface area contributed by atoms with Gasteiger partial charge in [-0.2, -0.15) is 0 Å². The molecule has 35 heavy (non-hydrogen) atoms. The van der Waals surface area contributed by atoms with Crippen LogP contribution in [0.3, 0.4) is 0 Å². The Bertz CT molecular complexity index is 1130. The topological polar surface area (TPSA) is 70.1 Å². The number of carbonyl (C=O) groups is 1. The number of aromatic nitrogens is 1. The molecule has 1 aliphatic rings. The molecular weight excluding hydrogens is 484 g/mol. The fourth-order valence-corrected chi connectivity index (χ4v) is 5.57. The summed E-state index contributed by atoms with van der Waals surface area (Å²) in [6, 6.07) is 9.65. The predicted octanol–water partition coefficient (Wildman–Crippen LogP) is 6.04. The van der Waals surface area contributed by atoms with Crippen LogP contribution in [-0.2, 0) is 4.74 Å². The summed E-state index contributed by atoms with van der Waals surface area (Å²) in [5, 5.41) is 0.656. The fraction of sp³-hybridized carbons (Fsp3) is 0.462. The van der Waals surface area contributed by atoms with E-state index in [4.69, 9.17) is 23.9 Å². The van der Waals surface area contributed by atoms with Crippen molar-refractivity contribution in [2.24, 2.45) is 0 Å². The highest BCUT2D eigenvalue weighted by atomic mass is 32.2. The minimum Gasteiger partial charge on any atom is -0.490 e. The average molecular weight is 517 g/mol. The van der Waals surface area contributed by atoms with E-state index in [1.54, 1.807) is 28.8 Å². The van der Waals surface area contributed by atoms with Gasteiger partial charge in [0, 0.05) is 17.1 Å². The largest absolute Gasteiger partial charge is 0.490 e. The lowest BCUT2D eigenvalue weighted by Gasteiger charge is -2.24. The maximum Gasteiger partial charge on any atom is 0.260 e. The second-order valence-electron chi connectivity index (χ2n) is 7.98. The molecule has 1 amide bonds.